The number of nitrogens with one attached hydrogen (secondary N) is 1. The number of benzene rings is 2. The molecule has 0 saturated heterocycles. The highest BCUT2D eigenvalue weighted by atomic mass is 16.5. The van der Waals surface area contributed by atoms with E-state index in [0.717, 1.165) is 12.2 Å². The van der Waals surface area contributed by atoms with Crippen molar-refractivity contribution in [2.24, 2.45) is 5.73 Å². The summed E-state index contributed by atoms with van der Waals surface area (Å²) in [5, 5.41) is 1.28. The minimum Gasteiger partial charge on any atom is -0.497 e. The first-order valence-corrected chi connectivity index (χ1v) is 7.63. The second kappa shape index (κ2) is 6.24. The fourth-order valence-electron chi connectivity index (χ4n) is 3.21. The van der Waals surface area contributed by atoms with Gasteiger partial charge in [-0.3, -0.25) is 0 Å². The average Bonchev–Trinajstić information content (AvgIpc) is 2.88. The molecule has 0 radical (unpaired) electrons. The molecule has 0 aliphatic rings. The Kier molecular flexibility index (Phi) is 4.16. The second-order valence-corrected chi connectivity index (χ2v) is 5.70. The van der Waals surface area contributed by atoms with Gasteiger partial charge in [0, 0.05) is 22.5 Å². The molecule has 0 aliphatic carbocycles. The molecule has 3 aromatic rings. The number of para-hydroxylation sites is 1. The lowest BCUT2D eigenvalue weighted by Crippen LogP contribution is -2.15. The fraction of sp³-hybridized carbons (Fsp3) is 0.263. The summed E-state index contributed by atoms with van der Waals surface area (Å²) in [6, 6.07) is 16.6. The molecule has 3 rings (SSSR count). The molecule has 1 unspecified atom stereocenters. The third-order valence-electron chi connectivity index (χ3n) is 4.25. The van der Waals surface area contributed by atoms with Crippen molar-refractivity contribution in [2.45, 2.75) is 19.3 Å². The fourth-order valence-corrected chi connectivity index (χ4v) is 3.21. The van der Waals surface area contributed by atoms with E-state index >= 15 is 0 Å². The highest BCUT2D eigenvalue weighted by Crippen LogP contribution is 2.31. The Bertz CT molecular complexity index is 776. The first kappa shape index (κ1) is 14.7. The standard InChI is InChI=1S/C19H22N2O/c1-13-19(17-8-3-4-9-18(17)21-13)15(12-20)10-14-6-5-7-16(11-14)22-2/h3-9,11,15,21H,10,12,20H2,1-2H3. The van der Waals surface area contributed by atoms with Gasteiger partial charge in [0.1, 0.15) is 5.75 Å². The second-order valence-electron chi connectivity index (χ2n) is 5.70. The van der Waals surface area contributed by atoms with Crippen molar-refractivity contribution in [3.63, 3.8) is 0 Å². The molecular weight excluding hydrogens is 272 g/mol. The van der Waals surface area contributed by atoms with Crippen LogP contribution in [0.5, 0.6) is 5.75 Å². The van der Waals surface area contributed by atoms with Crippen molar-refractivity contribution in [2.75, 3.05) is 13.7 Å². The van der Waals surface area contributed by atoms with Gasteiger partial charge in [0.05, 0.1) is 7.11 Å². The Balaban J connectivity index is 1.97. The van der Waals surface area contributed by atoms with Crippen molar-refractivity contribution in [3.05, 3.63) is 65.4 Å². The number of hydrogen-bond donors (Lipinski definition) is 2. The summed E-state index contributed by atoms with van der Waals surface area (Å²) >= 11 is 0. The minimum atomic E-state index is 0.295. The van der Waals surface area contributed by atoms with E-state index in [1.54, 1.807) is 7.11 Å². The van der Waals surface area contributed by atoms with Crippen molar-refractivity contribution in [1.82, 2.24) is 4.98 Å². The predicted octanol–water partition coefficient (Wildman–Crippen LogP) is 3.77. The van der Waals surface area contributed by atoms with Crippen LogP contribution in [-0.4, -0.2) is 18.6 Å². The van der Waals surface area contributed by atoms with Gasteiger partial charge in [0.15, 0.2) is 0 Å². The zero-order chi connectivity index (χ0) is 15.5. The Labute approximate surface area is 131 Å². The molecule has 0 saturated carbocycles. The lowest BCUT2D eigenvalue weighted by atomic mass is 9.90. The molecule has 0 bridgehead atoms. The molecule has 0 fully saturated rings. The summed E-state index contributed by atoms with van der Waals surface area (Å²) in [6.07, 6.45) is 0.913. The SMILES string of the molecule is COc1cccc(CC(CN)c2c(C)[nH]c3ccccc23)c1. The minimum absolute atomic E-state index is 0.295. The van der Waals surface area contributed by atoms with E-state index in [-0.39, 0.29) is 0 Å². The molecule has 114 valence electrons. The maximum Gasteiger partial charge on any atom is 0.119 e. The number of aryl methyl sites for hydroxylation is 1. The maximum atomic E-state index is 6.10. The van der Waals surface area contributed by atoms with Crippen LogP contribution in [0.1, 0.15) is 22.7 Å². The van der Waals surface area contributed by atoms with Crippen LogP contribution in [0.2, 0.25) is 0 Å². The van der Waals surface area contributed by atoms with Gasteiger partial charge in [-0.05, 0) is 49.2 Å². The van der Waals surface area contributed by atoms with Crippen LogP contribution < -0.4 is 10.5 Å². The van der Waals surface area contributed by atoms with E-state index in [1.165, 1.54) is 27.7 Å². The van der Waals surface area contributed by atoms with Crippen LogP contribution in [0, 0.1) is 6.92 Å². The number of aromatic nitrogens is 1. The first-order chi connectivity index (χ1) is 10.7. The lowest BCUT2D eigenvalue weighted by molar-refractivity contribution is 0.414. The number of rotatable bonds is 5. The Morgan fingerprint density at radius 1 is 1.14 bits per heavy atom. The molecule has 0 spiro atoms. The summed E-state index contributed by atoms with van der Waals surface area (Å²) in [7, 11) is 1.70. The maximum absolute atomic E-state index is 6.10. The molecular formula is C19H22N2O. The molecule has 0 aliphatic heterocycles. The summed E-state index contributed by atoms with van der Waals surface area (Å²) in [5.74, 6) is 1.19. The van der Waals surface area contributed by atoms with Crippen LogP contribution in [0.25, 0.3) is 10.9 Å². The molecule has 1 heterocycles. The molecule has 2 aromatic carbocycles. The number of hydrogen-bond acceptors (Lipinski definition) is 2. The number of fused-ring (bicyclic) bond motifs is 1. The van der Waals surface area contributed by atoms with Gasteiger partial charge in [-0.1, -0.05) is 30.3 Å². The first-order valence-electron chi connectivity index (χ1n) is 7.63. The average molecular weight is 294 g/mol. The molecule has 1 atom stereocenters. The van der Waals surface area contributed by atoms with Crippen molar-refractivity contribution >= 4 is 10.9 Å². The monoisotopic (exact) mass is 294 g/mol. The zero-order valence-corrected chi connectivity index (χ0v) is 13.1. The van der Waals surface area contributed by atoms with E-state index < -0.39 is 0 Å². The predicted molar refractivity (Wildman–Crippen MR) is 91.5 cm³/mol. The molecule has 0 amide bonds. The summed E-state index contributed by atoms with van der Waals surface area (Å²) in [4.78, 5) is 3.47. The van der Waals surface area contributed by atoms with E-state index in [4.69, 9.17) is 10.5 Å². The quantitative estimate of drug-likeness (QED) is 0.752. The summed E-state index contributed by atoms with van der Waals surface area (Å²) in [6.45, 7) is 2.75. The molecule has 1 aromatic heterocycles. The Hall–Kier alpha value is -2.26. The van der Waals surface area contributed by atoms with Gasteiger partial charge >= 0.3 is 0 Å². The van der Waals surface area contributed by atoms with Gasteiger partial charge in [-0.25, -0.2) is 0 Å². The van der Waals surface area contributed by atoms with Crippen LogP contribution in [0.3, 0.4) is 0 Å². The van der Waals surface area contributed by atoms with E-state index in [1.807, 2.05) is 12.1 Å². The Morgan fingerprint density at radius 2 is 1.95 bits per heavy atom. The lowest BCUT2D eigenvalue weighted by Gasteiger charge is -2.16. The number of nitrogens with two attached hydrogens (primary N) is 1. The number of H-pyrrole nitrogens is 1. The highest BCUT2D eigenvalue weighted by Gasteiger charge is 2.18. The van der Waals surface area contributed by atoms with Crippen LogP contribution >= 0.6 is 0 Å². The smallest absolute Gasteiger partial charge is 0.119 e. The van der Waals surface area contributed by atoms with Crippen molar-refractivity contribution in [3.8, 4) is 5.75 Å². The van der Waals surface area contributed by atoms with Gasteiger partial charge in [-0.2, -0.15) is 0 Å². The van der Waals surface area contributed by atoms with E-state index in [9.17, 15) is 0 Å². The van der Waals surface area contributed by atoms with Gasteiger partial charge < -0.3 is 15.5 Å². The summed E-state index contributed by atoms with van der Waals surface area (Å²) < 4.78 is 5.32. The Morgan fingerprint density at radius 3 is 2.73 bits per heavy atom. The van der Waals surface area contributed by atoms with E-state index in [0.29, 0.717) is 12.5 Å². The molecule has 3 nitrogen and oxygen atoms in total. The van der Waals surface area contributed by atoms with Crippen LogP contribution in [0.4, 0.5) is 0 Å². The zero-order valence-electron chi connectivity index (χ0n) is 13.1. The number of aromatic amines is 1. The normalized spacial score (nSPS) is 12.5. The van der Waals surface area contributed by atoms with Crippen molar-refractivity contribution in [1.29, 1.82) is 0 Å². The van der Waals surface area contributed by atoms with Gasteiger partial charge in [0.2, 0.25) is 0 Å². The summed E-state index contributed by atoms with van der Waals surface area (Å²) in [5.41, 5.74) is 11.1. The van der Waals surface area contributed by atoms with Crippen LogP contribution in [0.15, 0.2) is 48.5 Å². The number of methoxy groups -OCH3 is 1. The third-order valence-corrected chi connectivity index (χ3v) is 4.25. The van der Waals surface area contributed by atoms with Gasteiger partial charge in [0.25, 0.3) is 0 Å². The third kappa shape index (κ3) is 2.72. The molecule has 3 N–H and O–H groups in total. The van der Waals surface area contributed by atoms with Crippen LogP contribution in [-0.2, 0) is 6.42 Å². The van der Waals surface area contributed by atoms with E-state index in [2.05, 4.69) is 48.3 Å². The largest absolute Gasteiger partial charge is 0.497 e. The highest BCUT2D eigenvalue weighted by molar-refractivity contribution is 5.85. The number of ether oxygens (including phenoxy) is 1. The molecule has 3 heteroatoms. The van der Waals surface area contributed by atoms with Crippen molar-refractivity contribution < 1.29 is 4.74 Å². The van der Waals surface area contributed by atoms with Gasteiger partial charge in [-0.15, -0.1) is 0 Å². The topological polar surface area (TPSA) is 51.0 Å². The molecule has 22 heavy (non-hydrogen) atoms.